The number of aromatic nitrogens is 1. The normalized spacial score (nSPS) is 15.6. The van der Waals surface area contributed by atoms with Gasteiger partial charge in [-0.3, -0.25) is 4.79 Å². The number of fused-ring (bicyclic) bond motifs is 1. The number of halogens is 4. The van der Waals surface area contributed by atoms with Gasteiger partial charge in [0.2, 0.25) is 0 Å². The maximum Gasteiger partial charge on any atom is 0.431 e. The van der Waals surface area contributed by atoms with Gasteiger partial charge in [-0.05, 0) is 37.1 Å². The van der Waals surface area contributed by atoms with Gasteiger partial charge in [0.05, 0.1) is 11.1 Å². The summed E-state index contributed by atoms with van der Waals surface area (Å²) in [6, 6.07) is 0.894. The van der Waals surface area contributed by atoms with E-state index in [0.717, 1.165) is 6.07 Å². The van der Waals surface area contributed by atoms with E-state index >= 15 is 0 Å². The van der Waals surface area contributed by atoms with Crippen LogP contribution in [0.15, 0.2) is 12.1 Å². The molecular formula is C16H15F4N3O. The minimum absolute atomic E-state index is 0.0473. The van der Waals surface area contributed by atoms with Crippen molar-refractivity contribution in [2.45, 2.75) is 19.5 Å². The average molecular weight is 341 g/mol. The summed E-state index contributed by atoms with van der Waals surface area (Å²) in [6.07, 6.45) is -2.22. The third-order valence-corrected chi connectivity index (χ3v) is 4.18. The first-order valence-corrected chi connectivity index (χ1v) is 7.33. The van der Waals surface area contributed by atoms with Crippen LogP contribution in [0.5, 0.6) is 0 Å². The van der Waals surface area contributed by atoms with Gasteiger partial charge in [0.1, 0.15) is 11.5 Å². The summed E-state index contributed by atoms with van der Waals surface area (Å²) in [5, 5.41) is 3.11. The van der Waals surface area contributed by atoms with Crippen LogP contribution in [0.3, 0.4) is 0 Å². The van der Waals surface area contributed by atoms with Gasteiger partial charge in [0.15, 0.2) is 0 Å². The largest absolute Gasteiger partial charge is 0.431 e. The highest BCUT2D eigenvalue weighted by atomic mass is 19.4. The van der Waals surface area contributed by atoms with Crippen LogP contribution in [0, 0.1) is 12.7 Å². The van der Waals surface area contributed by atoms with E-state index in [1.165, 1.54) is 6.92 Å². The fourth-order valence-corrected chi connectivity index (χ4v) is 3.12. The molecule has 8 heteroatoms. The summed E-state index contributed by atoms with van der Waals surface area (Å²) < 4.78 is 54.3. The number of aryl methyl sites for hydroxylation is 1. The molecule has 3 rings (SSSR count). The Labute approximate surface area is 134 Å². The topological polar surface area (TPSA) is 70.9 Å². The predicted molar refractivity (Wildman–Crippen MR) is 82.0 cm³/mol. The predicted octanol–water partition coefficient (Wildman–Crippen LogP) is 3.11. The summed E-state index contributed by atoms with van der Waals surface area (Å²) in [5.74, 6) is -1.75. The molecule has 0 saturated carbocycles. The van der Waals surface area contributed by atoms with Gasteiger partial charge < -0.3 is 16.0 Å². The van der Waals surface area contributed by atoms with Crippen molar-refractivity contribution in [1.29, 1.82) is 0 Å². The lowest BCUT2D eigenvalue weighted by Gasteiger charge is -2.17. The summed E-state index contributed by atoms with van der Waals surface area (Å²) in [7, 11) is 0. The number of hydrogen-bond acceptors (Lipinski definition) is 2. The van der Waals surface area contributed by atoms with Crippen molar-refractivity contribution >= 4 is 22.4 Å². The van der Waals surface area contributed by atoms with Gasteiger partial charge in [0.25, 0.3) is 5.91 Å². The van der Waals surface area contributed by atoms with Crippen molar-refractivity contribution in [1.82, 2.24) is 10.3 Å². The van der Waals surface area contributed by atoms with Crippen molar-refractivity contribution in [2.24, 2.45) is 5.73 Å². The highest BCUT2D eigenvalue weighted by molar-refractivity contribution is 6.09. The van der Waals surface area contributed by atoms with Crippen molar-refractivity contribution in [3.63, 3.8) is 0 Å². The van der Waals surface area contributed by atoms with Gasteiger partial charge in [-0.2, -0.15) is 13.2 Å². The van der Waals surface area contributed by atoms with Gasteiger partial charge in [0, 0.05) is 17.5 Å². The number of rotatable bonds is 2. The molecule has 1 amide bonds. The number of amides is 1. The fraction of sp³-hybridized carbons (Fsp3) is 0.312. The summed E-state index contributed by atoms with van der Waals surface area (Å²) in [6.45, 7) is 2.31. The number of primary amides is 1. The van der Waals surface area contributed by atoms with Crippen LogP contribution in [0.1, 0.15) is 33.6 Å². The maximum absolute atomic E-state index is 14.6. The van der Waals surface area contributed by atoms with Crippen LogP contribution in [-0.4, -0.2) is 24.0 Å². The highest BCUT2D eigenvalue weighted by Crippen LogP contribution is 2.40. The van der Waals surface area contributed by atoms with Crippen LogP contribution in [0.2, 0.25) is 0 Å². The van der Waals surface area contributed by atoms with E-state index in [1.54, 1.807) is 6.08 Å². The third kappa shape index (κ3) is 2.56. The lowest BCUT2D eigenvalue weighted by atomic mass is 9.93. The monoisotopic (exact) mass is 341 g/mol. The smallest absolute Gasteiger partial charge is 0.366 e. The first kappa shape index (κ1) is 16.5. The number of aromatic amines is 1. The molecule has 1 aromatic carbocycles. The van der Waals surface area contributed by atoms with Crippen molar-refractivity contribution in [2.75, 3.05) is 13.1 Å². The van der Waals surface area contributed by atoms with Crippen molar-refractivity contribution in [3.8, 4) is 0 Å². The number of nitrogens with one attached hydrogen (secondary N) is 2. The number of carbonyl (C=O) groups excluding carboxylic acids is 1. The highest BCUT2D eigenvalue weighted by Gasteiger charge is 2.37. The number of hydrogen-bond donors (Lipinski definition) is 3. The molecule has 4 N–H and O–H groups in total. The number of H-pyrrole nitrogens is 1. The first-order valence-electron chi connectivity index (χ1n) is 7.33. The number of alkyl halides is 3. The minimum atomic E-state index is -4.65. The van der Waals surface area contributed by atoms with Crippen molar-refractivity contribution in [3.05, 3.63) is 40.3 Å². The van der Waals surface area contributed by atoms with Gasteiger partial charge >= 0.3 is 6.18 Å². The molecule has 0 radical (unpaired) electrons. The maximum atomic E-state index is 14.6. The Bertz CT molecular complexity index is 865. The molecule has 0 unspecified atom stereocenters. The van der Waals surface area contributed by atoms with Gasteiger partial charge in [-0.25, -0.2) is 4.39 Å². The fourth-order valence-electron chi connectivity index (χ4n) is 3.12. The molecule has 24 heavy (non-hydrogen) atoms. The summed E-state index contributed by atoms with van der Waals surface area (Å²) in [4.78, 5) is 13.8. The summed E-state index contributed by atoms with van der Waals surface area (Å²) >= 11 is 0. The zero-order valence-corrected chi connectivity index (χ0v) is 12.8. The third-order valence-electron chi connectivity index (χ3n) is 4.18. The molecule has 1 aromatic heterocycles. The Morgan fingerprint density at radius 2 is 2.04 bits per heavy atom. The second kappa shape index (κ2) is 5.62. The van der Waals surface area contributed by atoms with E-state index in [9.17, 15) is 22.4 Å². The molecule has 0 atom stereocenters. The van der Waals surface area contributed by atoms with Crippen molar-refractivity contribution < 1.29 is 22.4 Å². The van der Waals surface area contributed by atoms with E-state index in [-0.39, 0.29) is 27.6 Å². The molecule has 2 aromatic rings. The Hall–Kier alpha value is -2.35. The second-order valence-electron chi connectivity index (χ2n) is 5.71. The molecule has 1 aliphatic heterocycles. The van der Waals surface area contributed by atoms with Gasteiger partial charge in [-0.1, -0.05) is 6.08 Å². The SMILES string of the molecule is Cc1c(C(F)(F)F)[nH]c2c(C(N)=O)cc(F)c(C3=CCCNC3)c12. The van der Waals surface area contributed by atoms with Crippen LogP contribution in [0.25, 0.3) is 16.5 Å². The standard InChI is InChI=1S/C16H15F4N3O/c1-7-11-12(8-3-2-4-22-6-8)10(17)5-9(15(21)24)13(11)23-14(7)16(18,19)20/h3,5,22-23H,2,4,6H2,1H3,(H2,21,24). The van der Waals surface area contributed by atoms with Crippen LogP contribution < -0.4 is 11.1 Å². The molecular weight excluding hydrogens is 326 g/mol. The molecule has 128 valence electrons. The van der Waals surface area contributed by atoms with E-state index < -0.39 is 23.6 Å². The number of benzene rings is 1. The van der Waals surface area contributed by atoms with E-state index in [1.807, 2.05) is 0 Å². The first-order chi connectivity index (χ1) is 11.2. The molecule has 4 nitrogen and oxygen atoms in total. The van der Waals surface area contributed by atoms with E-state index in [2.05, 4.69) is 10.3 Å². The minimum Gasteiger partial charge on any atom is -0.366 e. The molecule has 0 saturated heterocycles. The second-order valence-corrected chi connectivity index (χ2v) is 5.71. The molecule has 1 aliphatic rings. The zero-order valence-electron chi connectivity index (χ0n) is 12.8. The number of carbonyl (C=O) groups is 1. The van der Waals surface area contributed by atoms with Crippen LogP contribution in [0.4, 0.5) is 17.6 Å². The molecule has 0 spiro atoms. The van der Waals surface area contributed by atoms with Crippen LogP contribution in [-0.2, 0) is 6.18 Å². The molecule has 0 fully saturated rings. The zero-order chi connectivity index (χ0) is 17.6. The molecule has 2 heterocycles. The Morgan fingerprint density at radius 3 is 2.58 bits per heavy atom. The Kier molecular flexibility index (Phi) is 3.87. The number of nitrogens with two attached hydrogens (primary N) is 1. The lowest BCUT2D eigenvalue weighted by Crippen LogP contribution is -2.22. The Morgan fingerprint density at radius 1 is 1.33 bits per heavy atom. The van der Waals surface area contributed by atoms with Crippen LogP contribution >= 0.6 is 0 Å². The van der Waals surface area contributed by atoms with Gasteiger partial charge in [-0.15, -0.1) is 0 Å². The van der Waals surface area contributed by atoms with E-state index in [4.69, 9.17) is 5.73 Å². The van der Waals surface area contributed by atoms with E-state index in [0.29, 0.717) is 25.1 Å². The average Bonchev–Trinajstić information content (AvgIpc) is 2.85. The lowest BCUT2D eigenvalue weighted by molar-refractivity contribution is -0.141. The Balaban J connectivity index is 2.42. The summed E-state index contributed by atoms with van der Waals surface area (Å²) in [5.41, 5.74) is 4.31. The molecule has 0 bridgehead atoms. The quantitative estimate of drug-likeness (QED) is 0.735. The molecule has 0 aliphatic carbocycles.